The summed E-state index contributed by atoms with van der Waals surface area (Å²) in [6, 6.07) is -4.20. The van der Waals surface area contributed by atoms with Gasteiger partial charge in [-0.05, 0) is 124 Å². The Morgan fingerprint density at radius 1 is 0.526 bits per heavy atom. The molecule has 2 aromatic rings. The highest BCUT2D eigenvalue weighted by Crippen LogP contribution is 2.27. The minimum Gasteiger partial charge on any atom is -0.508 e. The molecule has 0 aromatic heterocycles. The van der Waals surface area contributed by atoms with Crippen molar-refractivity contribution in [1.29, 1.82) is 0 Å². The topological polar surface area (TPSA) is 558 Å². The van der Waals surface area contributed by atoms with Gasteiger partial charge in [-0.3, -0.25) is 72.1 Å². The number of thiol groups is 2. The van der Waals surface area contributed by atoms with E-state index in [0.29, 0.717) is 36.9 Å². The number of benzene rings is 2. The third kappa shape index (κ3) is 31.0. The first-order chi connectivity index (χ1) is 53.7. The number of aliphatic carboxylic acids is 1. The molecule has 2 aromatic carbocycles. The molecule has 2 aliphatic rings. The summed E-state index contributed by atoms with van der Waals surface area (Å²) in [4.78, 5) is 215. The number of phenols is 1. The summed E-state index contributed by atoms with van der Waals surface area (Å²) in [6.45, 7) is 16.0. The van der Waals surface area contributed by atoms with Crippen molar-refractivity contribution in [3.8, 4) is 5.75 Å². The van der Waals surface area contributed by atoms with Gasteiger partial charge in [-0.1, -0.05) is 97.9 Å². The van der Waals surface area contributed by atoms with E-state index in [2.05, 4.69) is 94.1 Å². The Kier molecular flexibility index (Phi) is 40.8. The van der Waals surface area contributed by atoms with Crippen molar-refractivity contribution in [2.24, 2.45) is 45.9 Å². The Morgan fingerprint density at radius 3 is 1.54 bits per heavy atom. The molecule has 2 heterocycles. The van der Waals surface area contributed by atoms with Gasteiger partial charge in [-0.2, -0.15) is 37.0 Å². The van der Waals surface area contributed by atoms with Crippen LogP contribution in [0.3, 0.4) is 0 Å². The van der Waals surface area contributed by atoms with Crippen molar-refractivity contribution in [3.63, 3.8) is 0 Å². The number of aliphatic imine (C=N–C) groups is 1. The molecule has 0 aliphatic carbocycles. The lowest BCUT2D eigenvalue weighted by Gasteiger charge is -2.33. The van der Waals surface area contributed by atoms with Crippen LogP contribution in [0, 0.1) is 23.7 Å². The lowest BCUT2D eigenvalue weighted by Crippen LogP contribution is -2.62. The number of nitrogens with two attached hydrogens (primary N) is 3. The molecule has 0 bridgehead atoms. The third-order valence-corrected chi connectivity index (χ3v) is 20.5. The number of phenolic OH excluding ortho intramolecular Hbond substituents is 1. The van der Waals surface area contributed by atoms with E-state index in [1.54, 1.807) is 92.0 Å². The van der Waals surface area contributed by atoms with Crippen LogP contribution in [0.15, 0.2) is 59.6 Å². The fraction of sp³-hybridized carbons (Fsp3) is 0.627. The van der Waals surface area contributed by atoms with Crippen molar-refractivity contribution in [2.75, 3.05) is 49.7 Å². The molecule has 2 fully saturated rings. The van der Waals surface area contributed by atoms with Crippen LogP contribution in [0.1, 0.15) is 132 Å². The van der Waals surface area contributed by atoms with E-state index in [9.17, 15) is 87.2 Å². The summed E-state index contributed by atoms with van der Waals surface area (Å²) < 4.78 is 0. The highest BCUT2D eigenvalue weighted by atomic mass is 32.2. The van der Waals surface area contributed by atoms with Gasteiger partial charge in [-0.25, -0.2) is 4.79 Å². The van der Waals surface area contributed by atoms with Gasteiger partial charge in [0.2, 0.25) is 82.7 Å². The maximum atomic E-state index is 14.6. The summed E-state index contributed by atoms with van der Waals surface area (Å²) in [5, 5.41) is 61.8. The maximum Gasteiger partial charge on any atom is 0.326 e. The number of thioether (sulfide) groups is 1. The fourth-order valence-corrected chi connectivity index (χ4v) is 13.5. The number of aliphatic hydroxyl groups is 1. The number of rotatable bonds is 46. The van der Waals surface area contributed by atoms with Crippen LogP contribution in [0.5, 0.6) is 5.75 Å². The van der Waals surface area contributed by atoms with E-state index >= 15 is 0 Å². The van der Waals surface area contributed by atoms with Crippen LogP contribution in [0.2, 0.25) is 0 Å². The number of hydrogen-bond acceptors (Lipinski definition) is 22. The third-order valence-electron chi connectivity index (χ3n) is 19.1. The van der Waals surface area contributed by atoms with Gasteiger partial charge in [0, 0.05) is 44.0 Å². The largest absolute Gasteiger partial charge is 0.508 e. The fourth-order valence-electron chi connectivity index (χ4n) is 12.5. The predicted octanol–water partition coefficient (Wildman–Crippen LogP) is -2.90. The predicted molar refractivity (Wildman–Crippen MR) is 433 cm³/mol. The number of hydrogen-bond donors (Lipinski definition) is 20. The molecular weight excluding hydrogens is 1540 g/mol. The summed E-state index contributed by atoms with van der Waals surface area (Å²) in [7, 11) is 0. The molecule has 114 heavy (non-hydrogen) atoms. The number of carboxylic acids is 1. The Labute approximate surface area is 680 Å². The number of nitrogens with one attached hydrogen (secondary N) is 12. The van der Waals surface area contributed by atoms with Gasteiger partial charge in [0.1, 0.15) is 84.3 Å². The molecule has 21 N–H and O–H groups in total. The number of aromatic hydroxyl groups is 1. The van der Waals surface area contributed by atoms with Crippen molar-refractivity contribution in [1.82, 2.24) is 73.6 Å². The molecule has 39 heteroatoms. The second kappa shape index (κ2) is 48.0. The number of carbonyl (C=O) groups is 15. The number of carbonyl (C=O) groups excluding carboxylic acids is 14. The smallest absolute Gasteiger partial charge is 0.326 e. The Balaban J connectivity index is 1.47. The monoisotopic (exact) mass is 1650 g/mol. The molecule has 2 aliphatic heterocycles. The van der Waals surface area contributed by atoms with Gasteiger partial charge in [0.05, 0.1) is 18.7 Å². The van der Waals surface area contributed by atoms with Crippen LogP contribution in [0.25, 0.3) is 0 Å². The molecule has 36 nitrogen and oxygen atoms in total. The molecule has 0 saturated carbocycles. The van der Waals surface area contributed by atoms with Gasteiger partial charge in [0.15, 0.2) is 5.96 Å². The van der Waals surface area contributed by atoms with E-state index in [1.165, 1.54) is 59.7 Å². The first kappa shape index (κ1) is 96.9. The molecule has 0 spiro atoms. The molecule has 4 rings (SSSR count). The lowest BCUT2D eigenvalue weighted by atomic mass is 9.99. The Hall–Kier alpha value is -9.47. The minimum absolute atomic E-state index is 0.0331. The second-order valence-electron chi connectivity index (χ2n) is 29.9. The first-order valence-corrected chi connectivity index (χ1v) is 40.9. The average molecular weight is 1660 g/mol. The van der Waals surface area contributed by atoms with Crippen molar-refractivity contribution < 1.29 is 87.2 Å². The lowest BCUT2D eigenvalue weighted by molar-refractivity contribution is -0.147. The van der Waals surface area contributed by atoms with E-state index in [0.717, 1.165) is 0 Å². The van der Waals surface area contributed by atoms with Crippen LogP contribution < -0.4 is 81.0 Å². The van der Waals surface area contributed by atoms with E-state index < -0.39 is 192 Å². The van der Waals surface area contributed by atoms with Crippen LogP contribution >= 0.6 is 37.0 Å². The normalized spacial score (nSPS) is 17.4. The second-order valence-corrected chi connectivity index (χ2v) is 31.6. The van der Waals surface area contributed by atoms with Crippen molar-refractivity contribution in [3.05, 3.63) is 65.7 Å². The molecule has 0 radical (unpaired) electrons. The van der Waals surface area contributed by atoms with Crippen LogP contribution in [0.4, 0.5) is 0 Å². The zero-order chi connectivity index (χ0) is 85.4. The number of amides is 14. The molecule has 15 atom stereocenters. The number of likely N-dealkylation sites (tertiary alicyclic amines) is 2. The molecule has 14 amide bonds. The molecule has 0 unspecified atom stereocenters. The summed E-state index contributed by atoms with van der Waals surface area (Å²) in [6.07, 6.45) is 1.44. The quantitative estimate of drug-likeness (QED) is 0.0137. The van der Waals surface area contributed by atoms with Gasteiger partial charge in [0.25, 0.3) is 0 Å². The van der Waals surface area contributed by atoms with Gasteiger partial charge in [-0.15, -0.1) is 0 Å². The standard InChI is InChI=1S/C75H118N18O18S3/c1-38(2)32-49(86-71(107)60(43(10)94)91-65(101)51(33-44-18-13-12-14-19-44)85-67(103)53(37-113)88-68(104)54-21-16-29-92(54)72(108)55-22-17-30-93(55)73(109)57(76)39(3)4)63(99)82-47(27-31-114-11)62(98)84-50(34-45-23-25-46(95)26-24-45)64(100)87-52(36-112)66(102)81-42(9)61(97)80-35-56(96)89-58(40(5)6)70(106)90-59(41(7)8)69(105)83-48(74(110)111)20-15-28-79-75(77)78/h12-14,18-19,23-26,38-43,47-55,57-60,94-95,112-113H,15-17,20-22,27-37,76H2,1-11H3,(H,80,97)(H,81,102)(H,82,99)(H,83,105)(H,84,98)(H,85,103)(H,86,107)(H,87,100)(H,88,104)(H,89,96)(H,90,106)(H,91,101)(H,110,111)(H4,77,78,79)/t42-,43+,47-,48-,49-,50-,51-,52-,53-,54-,55-,57-,58-,59-,60-/m0/s1. The SMILES string of the molecule is CSCC[C@H](NC(=O)[C@H](CC(C)C)NC(=O)[C@@H](NC(=O)[C@H](Cc1ccccc1)NC(=O)[C@H](CS)NC(=O)[C@@H]1CCCN1C(=O)[C@@H]1CCCN1C(=O)[C@@H](N)C(C)C)[C@@H](C)O)C(=O)N[C@@H](Cc1ccc(O)cc1)C(=O)N[C@@H](CS)C(=O)N[C@@H](C)C(=O)NCC(=O)N[C@H](C(=O)N[C@H](C(=O)N[C@@H](CCCN=C(N)N)C(=O)O)C(C)C)C(C)C. The number of nitrogens with zero attached hydrogens (tertiary/aromatic N) is 3. The van der Waals surface area contributed by atoms with E-state index in [1.807, 2.05) is 0 Å². The summed E-state index contributed by atoms with van der Waals surface area (Å²) in [5.74, 6) is -14.9. The van der Waals surface area contributed by atoms with E-state index in [-0.39, 0.29) is 105 Å². The first-order valence-electron chi connectivity index (χ1n) is 38.2. The molecule has 634 valence electrons. The zero-order valence-corrected chi connectivity index (χ0v) is 69.1. The van der Waals surface area contributed by atoms with Gasteiger partial charge < -0.3 is 106 Å². The van der Waals surface area contributed by atoms with E-state index in [4.69, 9.17) is 17.2 Å². The molecular formula is C75H118N18O18S3. The van der Waals surface area contributed by atoms with Crippen molar-refractivity contribution >= 4 is 132 Å². The maximum absolute atomic E-state index is 14.6. The Bertz CT molecular complexity index is 3650. The van der Waals surface area contributed by atoms with Crippen LogP contribution in [-0.2, 0) is 84.8 Å². The van der Waals surface area contributed by atoms with Crippen LogP contribution in [-0.4, -0.2) is 260 Å². The summed E-state index contributed by atoms with van der Waals surface area (Å²) >= 11 is 9.97. The zero-order valence-electron chi connectivity index (χ0n) is 66.5. The number of carboxylic acid groups (broad SMARTS) is 1. The summed E-state index contributed by atoms with van der Waals surface area (Å²) in [5.41, 5.74) is 17.9. The average Bonchev–Trinajstić information content (AvgIpc) is 1.64. The minimum atomic E-state index is -1.78. The highest BCUT2D eigenvalue weighted by Gasteiger charge is 2.45. The van der Waals surface area contributed by atoms with Crippen molar-refractivity contribution in [2.45, 2.75) is 224 Å². The number of guanidine groups is 1. The Morgan fingerprint density at radius 2 is 0.991 bits per heavy atom. The number of aliphatic hydroxyl groups excluding tert-OH is 1. The molecule has 2 saturated heterocycles. The van der Waals surface area contributed by atoms with Gasteiger partial charge >= 0.3 is 5.97 Å². The highest BCUT2D eigenvalue weighted by molar-refractivity contribution is 7.98.